The number of nitrogens with one attached hydrogen (secondary N) is 1. The molecule has 0 aromatic carbocycles. The third kappa shape index (κ3) is 3.85. The van der Waals surface area contributed by atoms with Crippen LogP contribution in [0.15, 0.2) is 10.9 Å². The third-order valence-corrected chi connectivity index (χ3v) is 3.56. The molecule has 1 N–H and O–H groups in total. The summed E-state index contributed by atoms with van der Waals surface area (Å²) in [6.07, 6.45) is 1.80. The first-order valence-corrected chi connectivity index (χ1v) is 7.11. The van der Waals surface area contributed by atoms with Gasteiger partial charge in [0.1, 0.15) is 4.88 Å². The van der Waals surface area contributed by atoms with E-state index >= 15 is 0 Å². The highest BCUT2D eigenvalue weighted by atomic mass is 32.1. The zero-order valence-electron chi connectivity index (χ0n) is 11.6. The molecule has 8 nitrogen and oxygen atoms in total. The number of carbonyl (C=O) groups excluding carboxylic acids is 2. The van der Waals surface area contributed by atoms with Crippen molar-refractivity contribution in [2.75, 3.05) is 18.5 Å². The van der Waals surface area contributed by atoms with Gasteiger partial charge in [-0.05, 0) is 6.92 Å². The second kappa shape index (κ2) is 6.93. The normalized spacial score (nSPS) is 10.4. The number of hydrogen-bond acceptors (Lipinski definition) is 9. The molecule has 2 heterocycles. The lowest BCUT2D eigenvalue weighted by atomic mass is 10.3. The number of rotatable bonds is 7. The molecule has 112 valence electrons. The van der Waals surface area contributed by atoms with Crippen LogP contribution in [0.2, 0.25) is 0 Å². The molecule has 0 aliphatic rings. The van der Waals surface area contributed by atoms with E-state index in [-0.39, 0.29) is 23.0 Å². The Kier molecular flexibility index (Phi) is 4.99. The van der Waals surface area contributed by atoms with Crippen molar-refractivity contribution in [3.8, 4) is 0 Å². The summed E-state index contributed by atoms with van der Waals surface area (Å²) in [5, 5.41) is 7.18. The van der Waals surface area contributed by atoms with E-state index in [1.54, 1.807) is 6.92 Å². The van der Waals surface area contributed by atoms with Crippen LogP contribution in [0.1, 0.15) is 39.8 Å². The Labute approximate surface area is 124 Å². The number of aromatic nitrogens is 3. The molecule has 2 aromatic rings. The standard InChI is InChI=1S/C12H14N4O4S/c1-3-19-11(18)9-10(7(2)17)21-12(15-9)13-5-4-8-14-6-20-16-8/h6H,3-5H2,1-2H3,(H,13,15). The topological polar surface area (TPSA) is 107 Å². The second-order valence-electron chi connectivity index (χ2n) is 4.00. The van der Waals surface area contributed by atoms with E-state index in [2.05, 4.69) is 25.0 Å². The maximum atomic E-state index is 11.8. The second-order valence-corrected chi connectivity index (χ2v) is 5.00. The van der Waals surface area contributed by atoms with Crippen molar-refractivity contribution in [3.63, 3.8) is 0 Å². The molecule has 0 bridgehead atoms. The smallest absolute Gasteiger partial charge is 0.358 e. The van der Waals surface area contributed by atoms with E-state index < -0.39 is 5.97 Å². The molecular formula is C12H14N4O4S. The van der Waals surface area contributed by atoms with Gasteiger partial charge in [0, 0.05) is 19.9 Å². The first-order chi connectivity index (χ1) is 10.1. The van der Waals surface area contributed by atoms with Gasteiger partial charge in [-0.2, -0.15) is 4.98 Å². The van der Waals surface area contributed by atoms with Crippen LogP contribution in [0.25, 0.3) is 0 Å². The first kappa shape index (κ1) is 15.1. The van der Waals surface area contributed by atoms with Gasteiger partial charge >= 0.3 is 5.97 Å². The van der Waals surface area contributed by atoms with E-state index in [1.165, 1.54) is 13.3 Å². The largest absolute Gasteiger partial charge is 0.461 e. The van der Waals surface area contributed by atoms with Crippen molar-refractivity contribution in [2.24, 2.45) is 0 Å². The molecule has 0 radical (unpaired) electrons. The molecule has 0 unspecified atom stereocenters. The highest BCUT2D eigenvalue weighted by molar-refractivity contribution is 7.17. The summed E-state index contributed by atoms with van der Waals surface area (Å²) >= 11 is 1.12. The molecule has 2 aromatic heterocycles. The summed E-state index contributed by atoms with van der Waals surface area (Å²) in [7, 11) is 0. The van der Waals surface area contributed by atoms with Crippen molar-refractivity contribution in [1.29, 1.82) is 0 Å². The fourth-order valence-electron chi connectivity index (χ4n) is 1.56. The minimum Gasteiger partial charge on any atom is -0.461 e. The number of Topliss-reactive ketones (excluding diaryl/α,β-unsaturated/α-hetero) is 1. The molecule has 0 spiro atoms. The van der Waals surface area contributed by atoms with Gasteiger partial charge in [-0.3, -0.25) is 4.79 Å². The molecule has 21 heavy (non-hydrogen) atoms. The van der Waals surface area contributed by atoms with Crippen LogP contribution in [-0.2, 0) is 11.2 Å². The molecule has 0 aliphatic carbocycles. The highest BCUT2D eigenvalue weighted by Crippen LogP contribution is 2.24. The highest BCUT2D eigenvalue weighted by Gasteiger charge is 2.22. The van der Waals surface area contributed by atoms with Gasteiger partial charge in [0.2, 0.25) is 6.39 Å². The summed E-state index contributed by atoms with van der Waals surface area (Å²) in [5.74, 6) is -0.247. The molecule has 0 saturated carbocycles. The Balaban J connectivity index is 2.04. The molecule has 0 amide bonds. The van der Waals surface area contributed by atoms with E-state index in [4.69, 9.17) is 4.74 Å². The SMILES string of the molecule is CCOC(=O)c1nc(NCCc2ncon2)sc1C(C)=O. The van der Waals surface area contributed by atoms with Crippen LogP contribution >= 0.6 is 11.3 Å². The van der Waals surface area contributed by atoms with Gasteiger partial charge < -0.3 is 14.6 Å². The van der Waals surface area contributed by atoms with E-state index in [1.807, 2.05) is 0 Å². The molecule has 0 fully saturated rings. The molecule has 0 atom stereocenters. The van der Waals surface area contributed by atoms with Gasteiger partial charge in [-0.15, -0.1) is 0 Å². The first-order valence-electron chi connectivity index (χ1n) is 6.29. The quantitative estimate of drug-likeness (QED) is 0.606. The number of ether oxygens (including phenoxy) is 1. The van der Waals surface area contributed by atoms with Crippen molar-refractivity contribution in [3.05, 3.63) is 22.8 Å². The monoisotopic (exact) mass is 310 g/mol. The lowest BCUT2D eigenvalue weighted by Crippen LogP contribution is -2.10. The van der Waals surface area contributed by atoms with Gasteiger partial charge in [0.25, 0.3) is 0 Å². The maximum Gasteiger partial charge on any atom is 0.358 e. The number of anilines is 1. The van der Waals surface area contributed by atoms with Crippen molar-refractivity contribution in [2.45, 2.75) is 20.3 Å². The van der Waals surface area contributed by atoms with Crippen LogP contribution in [-0.4, -0.2) is 40.0 Å². The Morgan fingerprint density at radius 2 is 2.29 bits per heavy atom. The van der Waals surface area contributed by atoms with E-state index in [0.29, 0.717) is 23.9 Å². The van der Waals surface area contributed by atoms with Crippen molar-refractivity contribution < 1.29 is 18.8 Å². The summed E-state index contributed by atoms with van der Waals surface area (Å²) in [4.78, 5) is 31.6. The van der Waals surface area contributed by atoms with Crippen LogP contribution in [0.3, 0.4) is 0 Å². The Bertz CT molecular complexity index is 623. The Morgan fingerprint density at radius 1 is 1.48 bits per heavy atom. The number of hydrogen-bond donors (Lipinski definition) is 1. The predicted octanol–water partition coefficient (Wildman–Crippen LogP) is 1.56. The molecule has 2 rings (SSSR count). The van der Waals surface area contributed by atoms with Crippen molar-refractivity contribution >= 4 is 28.2 Å². The van der Waals surface area contributed by atoms with Gasteiger partial charge in [-0.1, -0.05) is 16.5 Å². The Morgan fingerprint density at radius 3 is 2.90 bits per heavy atom. The zero-order chi connectivity index (χ0) is 15.2. The van der Waals surface area contributed by atoms with Gasteiger partial charge in [0.05, 0.1) is 6.61 Å². The minimum atomic E-state index is -0.592. The minimum absolute atomic E-state index is 0.0522. The Hall–Kier alpha value is -2.29. The average Bonchev–Trinajstić information content (AvgIpc) is 3.08. The van der Waals surface area contributed by atoms with Gasteiger partial charge in [0.15, 0.2) is 22.4 Å². The van der Waals surface area contributed by atoms with Crippen LogP contribution in [0.4, 0.5) is 5.13 Å². The van der Waals surface area contributed by atoms with Crippen LogP contribution in [0, 0.1) is 0 Å². The van der Waals surface area contributed by atoms with Crippen molar-refractivity contribution in [1.82, 2.24) is 15.1 Å². The van der Waals surface area contributed by atoms with E-state index in [9.17, 15) is 9.59 Å². The number of thiazole rings is 1. The summed E-state index contributed by atoms with van der Waals surface area (Å²) in [6.45, 7) is 3.82. The fraction of sp³-hybridized carbons (Fsp3) is 0.417. The number of esters is 1. The molecule has 9 heteroatoms. The number of ketones is 1. The number of carbonyl (C=O) groups is 2. The third-order valence-electron chi connectivity index (χ3n) is 2.45. The lowest BCUT2D eigenvalue weighted by molar-refractivity contribution is 0.0517. The molecule has 0 aliphatic heterocycles. The average molecular weight is 310 g/mol. The molecule has 0 saturated heterocycles. The maximum absolute atomic E-state index is 11.8. The zero-order valence-corrected chi connectivity index (χ0v) is 12.4. The fourth-order valence-corrected chi connectivity index (χ4v) is 2.43. The van der Waals surface area contributed by atoms with Gasteiger partial charge in [-0.25, -0.2) is 9.78 Å². The summed E-state index contributed by atoms with van der Waals surface area (Å²) in [6, 6.07) is 0. The number of nitrogens with zero attached hydrogens (tertiary/aromatic N) is 3. The van der Waals surface area contributed by atoms with Crippen LogP contribution in [0.5, 0.6) is 0 Å². The lowest BCUT2D eigenvalue weighted by Gasteiger charge is -1.99. The van der Waals surface area contributed by atoms with E-state index in [0.717, 1.165) is 11.3 Å². The van der Waals surface area contributed by atoms with Crippen LogP contribution < -0.4 is 5.32 Å². The molecular weight excluding hydrogens is 296 g/mol. The summed E-state index contributed by atoms with van der Waals surface area (Å²) < 4.78 is 9.51. The summed E-state index contributed by atoms with van der Waals surface area (Å²) in [5.41, 5.74) is 0.0522. The predicted molar refractivity (Wildman–Crippen MR) is 74.6 cm³/mol.